The Morgan fingerprint density at radius 1 is 1.09 bits per heavy atom. The number of fused-ring (bicyclic) bond motifs is 1. The van der Waals surface area contributed by atoms with Gasteiger partial charge in [-0.25, -0.2) is 0 Å². The number of rotatable bonds is 4. The predicted octanol–water partition coefficient (Wildman–Crippen LogP) is 2.95. The van der Waals surface area contributed by atoms with Crippen molar-refractivity contribution in [3.8, 4) is 11.5 Å². The zero-order chi connectivity index (χ0) is 15.5. The molecule has 1 atom stereocenters. The van der Waals surface area contributed by atoms with Crippen molar-refractivity contribution in [1.29, 1.82) is 0 Å². The number of anilines is 1. The van der Waals surface area contributed by atoms with Gasteiger partial charge in [0.15, 0.2) is 11.5 Å². The highest BCUT2D eigenvalue weighted by Gasteiger charge is 2.27. The number of para-hydroxylation sites is 2. The fraction of sp³-hybridized carbons (Fsp3) is 0.235. The van der Waals surface area contributed by atoms with E-state index in [2.05, 4.69) is 10.6 Å². The van der Waals surface area contributed by atoms with E-state index in [1.165, 1.54) is 0 Å². The third-order valence-electron chi connectivity index (χ3n) is 3.57. The molecule has 1 aliphatic heterocycles. The highest BCUT2D eigenvalue weighted by molar-refractivity contribution is 6.01. The summed E-state index contributed by atoms with van der Waals surface area (Å²) in [7, 11) is 1.60. The Kier molecular flexibility index (Phi) is 3.87. The van der Waals surface area contributed by atoms with E-state index in [1.54, 1.807) is 13.2 Å². The lowest BCUT2D eigenvalue weighted by molar-refractivity contribution is 0.0935. The van der Waals surface area contributed by atoms with Gasteiger partial charge >= 0.3 is 0 Å². The Hall–Kier alpha value is -2.69. The molecule has 0 bridgehead atoms. The van der Waals surface area contributed by atoms with Crippen molar-refractivity contribution in [3.63, 3.8) is 0 Å². The van der Waals surface area contributed by atoms with Gasteiger partial charge in [0, 0.05) is 11.3 Å². The van der Waals surface area contributed by atoms with Gasteiger partial charge in [-0.15, -0.1) is 0 Å². The molecule has 0 aliphatic carbocycles. The summed E-state index contributed by atoms with van der Waals surface area (Å²) >= 11 is 0. The molecule has 2 aromatic carbocycles. The summed E-state index contributed by atoms with van der Waals surface area (Å²) in [6, 6.07) is 13.1. The van der Waals surface area contributed by atoms with Crippen LogP contribution in [0.5, 0.6) is 11.5 Å². The third-order valence-corrected chi connectivity index (χ3v) is 3.57. The summed E-state index contributed by atoms with van der Waals surface area (Å²) in [5.41, 5.74) is 2.27. The van der Waals surface area contributed by atoms with E-state index >= 15 is 0 Å². The van der Waals surface area contributed by atoms with Gasteiger partial charge in [0.1, 0.15) is 6.17 Å². The van der Waals surface area contributed by atoms with Crippen molar-refractivity contribution in [3.05, 3.63) is 53.6 Å². The molecule has 0 saturated heterocycles. The van der Waals surface area contributed by atoms with Crippen LogP contribution < -0.4 is 20.1 Å². The highest BCUT2D eigenvalue weighted by atomic mass is 16.5. The Bertz CT molecular complexity index is 700. The summed E-state index contributed by atoms with van der Waals surface area (Å²) in [6.07, 6.45) is -0.363. The van der Waals surface area contributed by atoms with Crippen LogP contribution >= 0.6 is 0 Å². The molecule has 1 heterocycles. The topological polar surface area (TPSA) is 59.6 Å². The first kappa shape index (κ1) is 14.3. The summed E-state index contributed by atoms with van der Waals surface area (Å²) in [5, 5.41) is 6.27. The number of benzene rings is 2. The summed E-state index contributed by atoms with van der Waals surface area (Å²) in [6.45, 7) is 2.47. The van der Waals surface area contributed by atoms with Crippen LogP contribution in [0.25, 0.3) is 0 Å². The lowest BCUT2D eigenvalue weighted by Gasteiger charge is -2.29. The molecule has 0 fully saturated rings. The van der Waals surface area contributed by atoms with Crippen LogP contribution in [-0.4, -0.2) is 19.6 Å². The van der Waals surface area contributed by atoms with Crippen molar-refractivity contribution in [1.82, 2.24) is 5.32 Å². The second-order valence-corrected chi connectivity index (χ2v) is 4.91. The third kappa shape index (κ3) is 2.45. The van der Waals surface area contributed by atoms with Gasteiger partial charge in [0.05, 0.1) is 19.3 Å². The maximum Gasteiger partial charge on any atom is 0.255 e. The van der Waals surface area contributed by atoms with Gasteiger partial charge < -0.3 is 20.1 Å². The van der Waals surface area contributed by atoms with E-state index < -0.39 is 0 Å². The molecule has 0 aromatic heterocycles. The molecule has 2 N–H and O–H groups in total. The maximum absolute atomic E-state index is 12.3. The van der Waals surface area contributed by atoms with E-state index in [1.807, 2.05) is 43.3 Å². The Morgan fingerprint density at radius 3 is 2.68 bits per heavy atom. The summed E-state index contributed by atoms with van der Waals surface area (Å²) in [4.78, 5) is 12.3. The second-order valence-electron chi connectivity index (χ2n) is 4.91. The average molecular weight is 298 g/mol. The zero-order valence-electron chi connectivity index (χ0n) is 12.6. The number of carbonyl (C=O) groups excluding carboxylic acids is 1. The Balaban J connectivity index is 1.99. The van der Waals surface area contributed by atoms with Crippen LogP contribution in [-0.2, 0) is 0 Å². The highest BCUT2D eigenvalue weighted by Crippen LogP contribution is 2.37. The fourth-order valence-corrected chi connectivity index (χ4v) is 2.61. The van der Waals surface area contributed by atoms with Crippen LogP contribution in [0.15, 0.2) is 42.5 Å². The van der Waals surface area contributed by atoms with E-state index in [4.69, 9.17) is 9.47 Å². The molecular formula is C17H18N2O3. The zero-order valence-corrected chi connectivity index (χ0v) is 12.6. The van der Waals surface area contributed by atoms with Crippen molar-refractivity contribution >= 4 is 11.6 Å². The van der Waals surface area contributed by atoms with Crippen molar-refractivity contribution in [2.75, 3.05) is 19.0 Å². The number of hydrogen-bond acceptors (Lipinski definition) is 4. The molecule has 0 saturated carbocycles. The van der Waals surface area contributed by atoms with Gasteiger partial charge in [-0.05, 0) is 25.1 Å². The minimum atomic E-state index is -0.363. The fourth-order valence-electron chi connectivity index (χ4n) is 2.61. The molecule has 5 heteroatoms. The van der Waals surface area contributed by atoms with Gasteiger partial charge in [-0.1, -0.05) is 24.3 Å². The van der Waals surface area contributed by atoms with E-state index in [0.717, 1.165) is 11.3 Å². The van der Waals surface area contributed by atoms with Gasteiger partial charge in [0.25, 0.3) is 5.91 Å². The number of carbonyl (C=O) groups is 1. The molecule has 0 spiro atoms. The van der Waals surface area contributed by atoms with Gasteiger partial charge in [-0.2, -0.15) is 0 Å². The number of hydrogen-bond donors (Lipinski definition) is 2. The van der Waals surface area contributed by atoms with Crippen molar-refractivity contribution < 1.29 is 14.3 Å². The van der Waals surface area contributed by atoms with E-state index in [-0.39, 0.29) is 12.1 Å². The minimum absolute atomic E-state index is 0.108. The van der Waals surface area contributed by atoms with Gasteiger partial charge in [-0.3, -0.25) is 4.79 Å². The van der Waals surface area contributed by atoms with Crippen LogP contribution in [0.4, 0.5) is 5.69 Å². The Morgan fingerprint density at radius 2 is 1.91 bits per heavy atom. The lowest BCUT2D eigenvalue weighted by Crippen LogP contribution is -2.38. The predicted molar refractivity (Wildman–Crippen MR) is 84.4 cm³/mol. The molecule has 1 aliphatic rings. The van der Waals surface area contributed by atoms with Gasteiger partial charge in [0.2, 0.25) is 0 Å². The van der Waals surface area contributed by atoms with Crippen molar-refractivity contribution in [2.45, 2.75) is 13.1 Å². The van der Waals surface area contributed by atoms with Crippen molar-refractivity contribution in [2.24, 2.45) is 0 Å². The van der Waals surface area contributed by atoms with Crippen LogP contribution in [0.1, 0.15) is 29.0 Å². The molecule has 114 valence electrons. The molecule has 0 radical (unpaired) electrons. The SMILES string of the molecule is CCOc1cccc([C@H]2NC(=O)c3ccccc3N2)c1OC. The summed E-state index contributed by atoms with van der Waals surface area (Å²) < 4.78 is 11.1. The average Bonchev–Trinajstić information content (AvgIpc) is 2.55. The first-order chi connectivity index (χ1) is 10.7. The molecule has 22 heavy (non-hydrogen) atoms. The smallest absolute Gasteiger partial charge is 0.255 e. The molecule has 0 unspecified atom stereocenters. The van der Waals surface area contributed by atoms with Crippen LogP contribution in [0, 0.1) is 0 Å². The number of nitrogens with one attached hydrogen (secondary N) is 2. The monoisotopic (exact) mass is 298 g/mol. The molecule has 1 amide bonds. The molecule has 3 rings (SSSR count). The van der Waals surface area contributed by atoms with E-state index in [0.29, 0.717) is 23.7 Å². The van der Waals surface area contributed by atoms with Crippen LogP contribution in [0.3, 0.4) is 0 Å². The quantitative estimate of drug-likeness (QED) is 0.911. The second kappa shape index (κ2) is 5.97. The normalized spacial score (nSPS) is 16.3. The Labute approximate surface area is 129 Å². The maximum atomic E-state index is 12.3. The standard InChI is InChI=1S/C17H18N2O3/c1-3-22-14-10-6-8-12(15(14)21-2)16-18-13-9-5-4-7-11(13)17(20)19-16/h4-10,16,18H,3H2,1-2H3,(H,19,20)/t16-/m1/s1. The van der Waals surface area contributed by atoms with E-state index in [9.17, 15) is 4.79 Å². The van der Waals surface area contributed by atoms with Crippen LogP contribution in [0.2, 0.25) is 0 Å². The largest absolute Gasteiger partial charge is 0.492 e. The molecular weight excluding hydrogens is 280 g/mol. The first-order valence-corrected chi connectivity index (χ1v) is 7.20. The number of methoxy groups -OCH3 is 1. The molecule has 2 aromatic rings. The number of amides is 1. The number of ether oxygens (including phenoxy) is 2. The first-order valence-electron chi connectivity index (χ1n) is 7.20. The molecule has 5 nitrogen and oxygen atoms in total. The lowest BCUT2D eigenvalue weighted by atomic mass is 10.0. The minimum Gasteiger partial charge on any atom is -0.492 e. The summed E-state index contributed by atoms with van der Waals surface area (Å²) in [5.74, 6) is 1.18.